The maximum absolute atomic E-state index is 14.1. The third-order valence-electron chi connectivity index (χ3n) is 5.39. The van der Waals surface area contributed by atoms with E-state index in [4.69, 9.17) is 15.5 Å². The first-order valence-corrected chi connectivity index (χ1v) is 11.0. The number of nitrogens with one attached hydrogen (secondary N) is 2. The van der Waals surface area contributed by atoms with Crippen LogP contribution in [-0.2, 0) is 6.54 Å². The fourth-order valence-corrected chi connectivity index (χ4v) is 3.74. The SMILES string of the molecule is NCCOc1cnc2ccc(-c3[nH]c(CNc4cccc(F)c4F)nc3-c3ccccn3)cc2c1. The molecule has 0 saturated carbocycles. The summed E-state index contributed by atoms with van der Waals surface area (Å²) in [6.45, 7) is 0.974. The number of H-pyrrole nitrogens is 1. The summed E-state index contributed by atoms with van der Waals surface area (Å²) in [7, 11) is 0. The number of nitrogens with two attached hydrogens (primary N) is 1. The zero-order valence-corrected chi connectivity index (χ0v) is 18.6. The molecule has 5 aromatic rings. The van der Waals surface area contributed by atoms with Crippen molar-refractivity contribution < 1.29 is 13.5 Å². The van der Waals surface area contributed by atoms with Crippen molar-refractivity contribution in [2.24, 2.45) is 5.73 Å². The van der Waals surface area contributed by atoms with Gasteiger partial charge in [0.25, 0.3) is 0 Å². The van der Waals surface area contributed by atoms with Crippen molar-refractivity contribution in [3.05, 3.63) is 90.5 Å². The second kappa shape index (κ2) is 9.86. The van der Waals surface area contributed by atoms with Crippen molar-refractivity contribution in [3.63, 3.8) is 0 Å². The van der Waals surface area contributed by atoms with Crippen LogP contribution in [0.3, 0.4) is 0 Å². The van der Waals surface area contributed by atoms with Gasteiger partial charge in [-0.3, -0.25) is 9.97 Å². The summed E-state index contributed by atoms with van der Waals surface area (Å²) >= 11 is 0. The van der Waals surface area contributed by atoms with Crippen molar-refractivity contribution in [1.82, 2.24) is 19.9 Å². The Morgan fingerprint density at radius 2 is 1.91 bits per heavy atom. The monoisotopic (exact) mass is 472 g/mol. The van der Waals surface area contributed by atoms with Gasteiger partial charge in [-0.2, -0.15) is 0 Å². The summed E-state index contributed by atoms with van der Waals surface area (Å²) in [5.74, 6) is -0.665. The molecule has 3 aromatic heterocycles. The Morgan fingerprint density at radius 3 is 2.74 bits per heavy atom. The van der Waals surface area contributed by atoms with Crippen molar-refractivity contribution in [2.75, 3.05) is 18.5 Å². The molecule has 0 amide bonds. The van der Waals surface area contributed by atoms with Gasteiger partial charge in [-0.15, -0.1) is 0 Å². The average Bonchev–Trinajstić information content (AvgIpc) is 3.33. The number of halogens is 2. The smallest absolute Gasteiger partial charge is 0.181 e. The molecule has 0 spiro atoms. The van der Waals surface area contributed by atoms with Crippen LogP contribution in [0, 0.1) is 11.6 Å². The molecule has 0 bridgehead atoms. The summed E-state index contributed by atoms with van der Waals surface area (Å²) in [6.07, 6.45) is 3.36. The topological polar surface area (TPSA) is 102 Å². The number of fused-ring (bicyclic) bond motifs is 1. The average molecular weight is 472 g/mol. The van der Waals surface area contributed by atoms with Crippen LogP contribution in [0.4, 0.5) is 14.5 Å². The largest absolute Gasteiger partial charge is 0.491 e. The number of anilines is 1. The number of aromatic amines is 1. The fraction of sp³-hybridized carbons (Fsp3) is 0.115. The second-order valence-corrected chi connectivity index (χ2v) is 7.79. The van der Waals surface area contributed by atoms with Crippen molar-refractivity contribution in [3.8, 4) is 28.4 Å². The van der Waals surface area contributed by atoms with E-state index in [0.717, 1.165) is 28.2 Å². The van der Waals surface area contributed by atoms with Gasteiger partial charge in [-0.05, 0) is 42.5 Å². The normalized spacial score (nSPS) is 11.1. The molecule has 35 heavy (non-hydrogen) atoms. The zero-order valence-electron chi connectivity index (χ0n) is 18.6. The van der Waals surface area contributed by atoms with Crippen molar-refractivity contribution in [2.45, 2.75) is 6.54 Å². The molecule has 4 N–H and O–H groups in total. The minimum atomic E-state index is -0.932. The van der Waals surface area contributed by atoms with Gasteiger partial charge in [0.15, 0.2) is 11.6 Å². The highest BCUT2D eigenvalue weighted by Gasteiger charge is 2.16. The number of aromatic nitrogens is 4. The third-order valence-corrected chi connectivity index (χ3v) is 5.39. The van der Waals surface area contributed by atoms with Crippen LogP contribution in [0.25, 0.3) is 33.5 Å². The maximum Gasteiger partial charge on any atom is 0.181 e. The van der Waals surface area contributed by atoms with E-state index in [1.54, 1.807) is 12.4 Å². The van der Waals surface area contributed by atoms with Gasteiger partial charge in [-0.25, -0.2) is 13.8 Å². The lowest BCUT2D eigenvalue weighted by Gasteiger charge is -2.07. The highest BCUT2D eigenvalue weighted by atomic mass is 19.2. The Morgan fingerprint density at radius 1 is 1.00 bits per heavy atom. The van der Waals surface area contributed by atoms with Crippen LogP contribution < -0.4 is 15.8 Å². The number of hydrogen-bond acceptors (Lipinski definition) is 6. The molecule has 0 unspecified atom stereocenters. The number of imidazole rings is 1. The Balaban J connectivity index is 1.52. The minimum absolute atomic E-state index is 0.0594. The van der Waals surface area contributed by atoms with Gasteiger partial charge in [0.2, 0.25) is 0 Å². The molecule has 176 valence electrons. The number of benzene rings is 2. The van der Waals surface area contributed by atoms with E-state index in [9.17, 15) is 8.78 Å². The molecule has 3 heterocycles. The number of nitrogens with zero attached hydrogens (tertiary/aromatic N) is 3. The van der Waals surface area contributed by atoms with Gasteiger partial charge in [0.1, 0.15) is 23.9 Å². The van der Waals surface area contributed by atoms with Crippen LogP contribution in [0.15, 0.2) is 73.1 Å². The van der Waals surface area contributed by atoms with Crippen LogP contribution in [-0.4, -0.2) is 33.1 Å². The highest BCUT2D eigenvalue weighted by molar-refractivity contribution is 5.87. The number of ether oxygens (including phenoxy) is 1. The Labute approximate surface area is 200 Å². The maximum atomic E-state index is 14.1. The van der Waals surface area contributed by atoms with Crippen molar-refractivity contribution in [1.29, 1.82) is 0 Å². The molecule has 0 fully saturated rings. The lowest BCUT2D eigenvalue weighted by Crippen LogP contribution is -2.10. The summed E-state index contributed by atoms with van der Waals surface area (Å²) in [4.78, 5) is 16.9. The van der Waals surface area contributed by atoms with E-state index < -0.39 is 11.6 Å². The lowest BCUT2D eigenvalue weighted by atomic mass is 10.1. The highest BCUT2D eigenvalue weighted by Crippen LogP contribution is 2.32. The summed E-state index contributed by atoms with van der Waals surface area (Å²) < 4.78 is 33.3. The van der Waals surface area contributed by atoms with E-state index in [-0.39, 0.29) is 12.2 Å². The molecule has 0 atom stereocenters. The first-order valence-electron chi connectivity index (χ1n) is 11.0. The predicted octanol–water partition coefficient (Wildman–Crippen LogP) is 4.91. The molecule has 7 nitrogen and oxygen atoms in total. The standard InChI is InChI=1S/C26H22F2N6O/c27-19-4-3-6-21(24(19)28)32-15-23-33-25(26(34-23)22-5-1-2-10-30-22)16-7-8-20-17(12-16)13-18(14-31-20)35-11-9-29/h1-8,10,12-14,32H,9,11,15,29H2,(H,33,34). The van der Waals surface area contributed by atoms with E-state index >= 15 is 0 Å². The zero-order chi connectivity index (χ0) is 24.2. The summed E-state index contributed by atoms with van der Waals surface area (Å²) in [5, 5.41) is 3.79. The van der Waals surface area contributed by atoms with Gasteiger partial charge < -0.3 is 20.8 Å². The van der Waals surface area contributed by atoms with E-state index in [1.165, 1.54) is 12.1 Å². The second-order valence-electron chi connectivity index (χ2n) is 7.79. The molecule has 0 saturated heterocycles. The molecule has 5 rings (SSSR count). The molecular formula is C26H22F2N6O. The van der Waals surface area contributed by atoms with E-state index in [2.05, 4.69) is 20.3 Å². The fourth-order valence-electron chi connectivity index (χ4n) is 3.74. The van der Waals surface area contributed by atoms with Gasteiger partial charge >= 0.3 is 0 Å². The third kappa shape index (κ3) is 4.80. The molecule has 0 aliphatic carbocycles. The van der Waals surface area contributed by atoms with Crippen LogP contribution in [0.2, 0.25) is 0 Å². The lowest BCUT2D eigenvalue weighted by molar-refractivity contribution is 0.327. The number of pyridine rings is 2. The first-order chi connectivity index (χ1) is 17.1. The Hall–Kier alpha value is -4.37. The molecule has 2 aromatic carbocycles. The quantitative estimate of drug-likeness (QED) is 0.297. The number of hydrogen-bond donors (Lipinski definition) is 3. The van der Waals surface area contributed by atoms with Crippen LogP contribution in [0.5, 0.6) is 5.75 Å². The Bertz CT molecular complexity index is 1470. The molecule has 0 aliphatic heterocycles. The van der Waals surface area contributed by atoms with E-state index in [1.807, 2.05) is 42.5 Å². The van der Waals surface area contributed by atoms with Gasteiger partial charge in [-0.1, -0.05) is 18.2 Å². The predicted molar refractivity (Wildman–Crippen MR) is 131 cm³/mol. The van der Waals surface area contributed by atoms with E-state index in [0.29, 0.717) is 36.1 Å². The molecule has 0 radical (unpaired) electrons. The first kappa shape index (κ1) is 22.4. The Kier molecular flexibility index (Phi) is 6.32. The minimum Gasteiger partial charge on any atom is -0.491 e. The number of rotatable bonds is 8. The summed E-state index contributed by atoms with van der Waals surface area (Å²) in [6, 6.07) is 17.3. The summed E-state index contributed by atoms with van der Waals surface area (Å²) in [5.41, 5.74) is 9.35. The molecular weight excluding hydrogens is 450 g/mol. The van der Waals surface area contributed by atoms with Crippen LogP contribution in [0.1, 0.15) is 5.82 Å². The van der Waals surface area contributed by atoms with Gasteiger partial charge in [0.05, 0.1) is 35.3 Å². The van der Waals surface area contributed by atoms with Crippen molar-refractivity contribution >= 4 is 16.6 Å². The molecule has 9 heteroatoms. The molecule has 0 aliphatic rings. The van der Waals surface area contributed by atoms with Crippen LogP contribution >= 0.6 is 0 Å². The van der Waals surface area contributed by atoms with Gasteiger partial charge in [0, 0.05) is 23.7 Å².